The van der Waals surface area contributed by atoms with Crippen LogP contribution in [0.2, 0.25) is 0 Å². The molecule has 0 aliphatic carbocycles. The molecule has 2 aromatic rings. The number of halogens is 2. The Hall–Kier alpha value is -1.14. The van der Waals surface area contributed by atoms with E-state index >= 15 is 0 Å². The fourth-order valence-corrected chi connectivity index (χ4v) is 1.99. The largest absolute Gasteiger partial charge is 0.457 e. The smallest absolute Gasteiger partial charge is 0.130 e. The zero-order valence-electron chi connectivity index (χ0n) is 9.70. The monoisotopic (exact) mass is 357 g/mol. The zero-order valence-corrected chi connectivity index (χ0v) is 11.9. The van der Waals surface area contributed by atoms with E-state index in [0.717, 1.165) is 14.9 Å². The Morgan fingerprint density at radius 1 is 1.11 bits per heavy atom. The van der Waals surface area contributed by atoms with Gasteiger partial charge in [0, 0.05) is 3.57 Å². The Bertz CT molecular complexity index is 528. The molecule has 0 aromatic heterocycles. The van der Waals surface area contributed by atoms with Crippen molar-refractivity contribution >= 4 is 22.6 Å². The van der Waals surface area contributed by atoms with Gasteiger partial charge in [-0.3, -0.25) is 0 Å². The van der Waals surface area contributed by atoms with E-state index in [1.165, 1.54) is 12.1 Å². The predicted molar refractivity (Wildman–Crippen MR) is 78.4 cm³/mol. The number of benzene rings is 2. The minimum absolute atomic E-state index is 0.270. The SMILES string of the molecule is NCCc1cc(F)ccc1Oc1ccc(I)cc1. The van der Waals surface area contributed by atoms with Crippen LogP contribution in [-0.4, -0.2) is 6.54 Å². The predicted octanol–water partition coefficient (Wildman–Crippen LogP) is 3.72. The van der Waals surface area contributed by atoms with Gasteiger partial charge in [0.15, 0.2) is 0 Å². The highest BCUT2D eigenvalue weighted by atomic mass is 127. The summed E-state index contributed by atoms with van der Waals surface area (Å²) < 4.78 is 20.1. The van der Waals surface area contributed by atoms with Crippen molar-refractivity contribution in [3.05, 3.63) is 57.4 Å². The maximum atomic E-state index is 13.2. The molecule has 2 nitrogen and oxygen atoms in total. The molecule has 0 aliphatic rings. The van der Waals surface area contributed by atoms with Crippen LogP contribution in [0.1, 0.15) is 5.56 Å². The maximum Gasteiger partial charge on any atom is 0.130 e. The van der Waals surface area contributed by atoms with Crippen molar-refractivity contribution in [1.82, 2.24) is 0 Å². The normalized spacial score (nSPS) is 10.4. The van der Waals surface area contributed by atoms with Gasteiger partial charge in [-0.25, -0.2) is 4.39 Å². The van der Waals surface area contributed by atoms with Crippen LogP contribution in [0.15, 0.2) is 42.5 Å². The summed E-state index contributed by atoms with van der Waals surface area (Å²) in [6.07, 6.45) is 0.595. The van der Waals surface area contributed by atoms with E-state index in [1.54, 1.807) is 6.07 Å². The molecular formula is C14H13FINO. The van der Waals surface area contributed by atoms with Crippen LogP contribution >= 0.6 is 22.6 Å². The first-order chi connectivity index (χ1) is 8.69. The molecule has 0 spiro atoms. The Kier molecular flexibility index (Phi) is 4.54. The van der Waals surface area contributed by atoms with Gasteiger partial charge in [0.2, 0.25) is 0 Å². The van der Waals surface area contributed by atoms with E-state index in [0.29, 0.717) is 18.7 Å². The number of hydrogen-bond donors (Lipinski definition) is 1. The highest BCUT2D eigenvalue weighted by Gasteiger charge is 2.06. The Balaban J connectivity index is 2.25. The Morgan fingerprint density at radius 2 is 1.83 bits per heavy atom. The first kappa shape index (κ1) is 13.3. The number of rotatable bonds is 4. The third-order valence-electron chi connectivity index (χ3n) is 2.48. The second-order valence-electron chi connectivity index (χ2n) is 3.85. The molecule has 0 aliphatic heterocycles. The van der Waals surface area contributed by atoms with Crippen molar-refractivity contribution in [2.45, 2.75) is 6.42 Å². The van der Waals surface area contributed by atoms with Crippen LogP contribution in [0.4, 0.5) is 4.39 Å². The number of ether oxygens (including phenoxy) is 1. The van der Waals surface area contributed by atoms with Gasteiger partial charge < -0.3 is 10.5 Å². The molecule has 0 saturated carbocycles. The van der Waals surface area contributed by atoms with Gasteiger partial charge in [0.1, 0.15) is 17.3 Å². The lowest BCUT2D eigenvalue weighted by molar-refractivity contribution is 0.473. The minimum atomic E-state index is -0.270. The highest BCUT2D eigenvalue weighted by Crippen LogP contribution is 2.26. The average molecular weight is 357 g/mol. The van der Waals surface area contributed by atoms with E-state index in [9.17, 15) is 4.39 Å². The average Bonchev–Trinajstić information content (AvgIpc) is 2.36. The summed E-state index contributed by atoms with van der Waals surface area (Å²) >= 11 is 2.23. The fourth-order valence-electron chi connectivity index (χ4n) is 1.63. The summed E-state index contributed by atoms with van der Waals surface area (Å²) in [5.41, 5.74) is 6.30. The Morgan fingerprint density at radius 3 is 2.50 bits per heavy atom. The van der Waals surface area contributed by atoms with Gasteiger partial charge in [0.05, 0.1) is 0 Å². The third-order valence-corrected chi connectivity index (χ3v) is 3.20. The van der Waals surface area contributed by atoms with Crippen molar-refractivity contribution in [2.24, 2.45) is 5.73 Å². The van der Waals surface area contributed by atoms with Crippen molar-refractivity contribution < 1.29 is 9.13 Å². The zero-order chi connectivity index (χ0) is 13.0. The molecule has 0 atom stereocenters. The first-order valence-corrected chi connectivity index (χ1v) is 6.69. The van der Waals surface area contributed by atoms with E-state index < -0.39 is 0 Å². The molecule has 2 aromatic carbocycles. The fraction of sp³-hybridized carbons (Fsp3) is 0.143. The van der Waals surface area contributed by atoms with Crippen LogP contribution in [0, 0.1) is 9.39 Å². The third kappa shape index (κ3) is 3.43. The van der Waals surface area contributed by atoms with Crippen molar-refractivity contribution in [1.29, 1.82) is 0 Å². The molecule has 0 amide bonds. The Labute approximate surface area is 119 Å². The summed E-state index contributed by atoms with van der Waals surface area (Å²) in [5, 5.41) is 0. The summed E-state index contributed by atoms with van der Waals surface area (Å²) in [6.45, 7) is 0.465. The molecule has 0 saturated heterocycles. The van der Waals surface area contributed by atoms with E-state index in [-0.39, 0.29) is 5.82 Å². The summed E-state index contributed by atoms with van der Waals surface area (Å²) in [6, 6.07) is 12.2. The van der Waals surface area contributed by atoms with Gasteiger partial charge in [-0.05, 0) is 83.6 Å². The quantitative estimate of drug-likeness (QED) is 0.847. The number of hydrogen-bond acceptors (Lipinski definition) is 2. The molecule has 0 heterocycles. The molecule has 4 heteroatoms. The topological polar surface area (TPSA) is 35.2 Å². The molecular weight excluding hydrogens is 344 g/mol. The van der Waals surface area contributed by atoms with E-state index in [1.807, 2.05) is 24.3 Å². The summed E-state index contributed by atoms with van der Waals surface area (Å²) in [4.78, 5) is 0. The van der Waals surface area contributed by atoms with Gasteiger partial charge >= 0.3 is 0 Å². The second-order valence-corrected chi connectivity index (χ2v) is 5.09. The van der Waals surface area contributed by atoms with Crippen LogP contribution in [-0.2, 0) is 6.42 Å². The van der Waals surface area contributed by atoms with Crippen molar-refractivity contribution in [3.63, 3.8) is 0 Å². The molecule has 0 bridgehead atoms. The van der Waals surface area contributed by atoms with Gasteiger partial charge in [-0.1, -0.05) is 0 Å². The summed E-state index contributed by atoms with van der Waals surface area (Å²) in [7, 11) is 0. The molecule has 94 valence electrons. The van der Waals surface area contributed by atoms with Crippen LogP contribution in [0.25, 0.3) is 0 Å². The molecule has 0 radical (unpaired) electrons. The van der Waals surface area contributed by atoms with Gasteiger partial charge in [-0.15, -0.1) is 0 Å². The lowest BCUT2D eigenvalue weighted by atomic mass is 10.1. The molecule has 2 rings (SSSR count). The molecule has 2 N–H and O–H groups in total. The lowest BCUT2D eigenvalue weighted by Crippen LogP contribution is -2.04. The van der Waals surface area contributed by atoms with Crippen LogP contribution in [0.5, 0.6) is 11.5 Å². The highest BCUT2D eigenvalue weighted by molar-refractivity contribution is 14.1. The van der Waals surface area contributed by atoms with Crippen molar-refractivity contribution in [3.8, 4) is 11.5 Å². The van der Waals surface area contributed by atoms with Crippen molar-refractivity contribution in [2.75, 3.05) is 6.54 Å². The summed E-state index contributed by atoms with van der Waals surface area (Å²) in [5.74, 6) is 1.12. The van der Waals surface area contributed by atoms with Crippen LogP contribution in [0.3, 0.4) is 0 Å². The van der Waals surface area contributed by atoms with Gasteiger partial charge in [-0.2, -0.15) is 0 Å². The van der Waals surface area contributed by atoms with Crippen LogP contribution < -0.4 is 10.5 Å². The molecule has 0 unspecified atom stereocenters. The first-order valence-electron chi connectivity index (χ1n) is 5.61. The molecule has 0 fully saturated rings. The van der Waals surface area contributed by atoms with E-state index in [2.05, 4.69) is 22.6 Å². The standard InChI is InChI=1S/C14H13FINO/c15-11-1-6-14(10(9-11)7-8-17)18-13-4-2-12(16)3-5-13/h1-6,9H,7-8,17H2. The number of nitrogens with two attached hydrogens (primary N) is 1. The minimum Gasteiger partial charge on any atom is -0.457 e. The second kappa shape index (κ2) is 6.15. The lowest BCUT2D eigenvalue weighted by Gasteiger charge is -2.10. The van der Waals surface area contributed by atoms with Gasteiger partial charge in [0.25, 0.3) is 0 Å². The maximum absolute atomic E-state index is 13.2. The molecule has 18 heavy (non-hydrogen) atoms. The van der Waals surface area contributed by atoms with E-state index in [4.69, 9.17) is 10.5 Å².